The van der Waals surface area contributed by atoms with Crippen LogP contribution in [-0.2, 0) is 19.9 Å². The van der Waals surface area contributed by atoms with Crippen molar-refractivity contribution in [2.24, 2.45) is 18.7 Å². The third-order valence-electron chi connectivity index (χ3n) is 2.92. The predicted molar refractivity (Wildman–Crippen MR) is 66.8 cm³/mol. The number of aryl methyl sites for hydroxylation is 2. The number of aromatic nitrogens is 2. The van der Waals surface area contributed by atoms with Crippen molar-refractivity contribution in [2.75, 3.05) is 0 Å². The van der Waals surface area contributed by atoms with E-state index in [0.29, 0.717) is 5.92 Å². The van der Waals surface area contributed by atoms with Crippen molar-refractivity contribution >= 4 is 15.9 Å². The predicted octanol–water partition coefficient (Wildman–Crippen LogP) is 2.27. The second-order valence-electron chi connectivity index (χ2n) is 4.23. The molecular formula is C11H20BrN3. The van der Waals surface area contributed by atoms with Gasteiger partial charge in [0, 0.05) is 13.1 Å². The SMILES string of the molecule is CCc1nn(C)c(CC(C)C(C)N)c1Br. The molecule has 0 aliphatic carbocycles. The maximum absolute atomic E-state index is 5.88. The van der Waals surface area contributed by atoms with Gasteiger partial charge in [-0.1, -0.05) is 13.8 Å². The summed E-state index contributed by atoms with van der Waals surface area (Å²) in [4.78, 5) is 0. The third kappa shape index (κ3) is 2.82. The van der Waals surface area contributed by atoms with Gasteiger partial charge in [0.05, 0.1) is 15.9 Å². The van der Waals surface area contributed by atoms with Crippen LogP contribution in [0.1, 0.15) is 32.2 Å². The molecule has 1 aromatic heterocycles. The van der Waals surface area contributed by atoms with Crippen molar-refractivity contribution in [1.29, 1.82) is 0 Å². The molecule has 0 amide bonds. The lowest BCUT2D eigenvalue weighted by molar-refractivity contribution is 0.466. The van der Waals surface area contributed by atoms with Crippen LogP contribution in [0.15, 0.2) is 4.47 Å². The minimum absolute atomic E-state index is 0.219. The first kappa shape index (κ1) is 12.7. The van der Waals surface area contributed by atoms with Gasteiger partial charge in [0.2, 0.25) is 0 Å². The molecule has 2 unspecified atom stereocenters. The summed E-state index contributed by atoms with van der Waals surface area (Å²) in [7, 11) is 1.99. The monoisotopic (exact) mass is 273 g/mol. The highest BCUT2D eigenvalue weighted by atomic mass is 79.9. The quantitative estimate of drug-likeness (QED) is 0.915. The molecule has 0 saturated carbocycles. The average Bonchev–Trinajstić information content (AvgIpc) is 2.44. The largest absolute Gasteiger partial charge is 0.328 e. The van der Waals surface area contributed by atoms with E-state index in [1.807, 2.05) is 11.7 Å². The Bertz CT molecular complexity index is 331. The molecule has 4 heteroatoms. The van der Waals surface area contributed by atoms with Crippen molar-refractivity contribution in [3.63, 3.8) is 0 Å². The van der Waals surface area contributed by atoms with E-state index < -0.39 is 0 Å². The zero-order chi connectivity index (χ0) is 11.6. The summed E-state index contributed by atoms with van der Waals surface area (Å²) >= 11 is 3.62. The Hall–Kier alpha value is -0.350. The Kier molecular flexibility index (Phi) is 4.34. The fourth-order valence-electron chi connectivity index (χ4n) is 1.53. The highest BCUT2D eigenvalue weighted by Gasteiger charge is 2.16. The smallest absolute Gasteiger partial charge is 0.0766 e. The van der Waals surface area contributed by atoms with Gasteiger partial charge < -0.3 is 5.73 Å². The van der Waals surface area contributed by atoms with Crippen LogP contribution in [0, 0.1) is 5.92 Å². The molecule has 15 heavy (non-hydrogen) atoms. The van der Waals surface area contributed by atoms with E-state index in [0.717, 1.165) is 23.0 Å². The van der Waals surface area contributed by atoms with Crippen LogP contribution in [0.25, 0.3) is 0 Å². The molecule has 1 heterocycles. The first-order valence-electron chi connectivity index (χ1n) is 5.43. The maximum atomic E-state index is 5.88. The number of nitrogens with two attached hydrogens (primary N) is 1. The number of hydrogen-bond acceptors (Lipinski definition) is 2. The molecule has 2 atom stereocenters. The standard InChI is InChI=1S/C11H20BrN3/c1-5-9-11(12)10(15(4)14-9)6-7(2)8(3)13/h7-8H,5-6,13H2,1-4H3. The van der Waals surface area contributed by atoms with E-state index in [4.69, 9.17) is 5.73 Å². The van der Waals surface area contributed by atoms with Gasteiger partial charge in [-0.05, 0) is 41.6 Å². The van der Waals surface area contributed by atoms with E-state index in [2.05, 4.69) is 41.8 Å². The molecule has 0 aliphatic heterocycles. The van der Waals surface area contributed by atoms with Crippen LogP contribution in [0.5, 0.6) is 0 Å². The lowest BCUT2D eigenvalue weighted by Gasteiger charge is -2.15. The summed E-state index contributed by atoms with van der Waals surface area (Å²) in [5.74, 6) is 0.474. The number of halogens is 1. The van der Waals surface area contributed by atoms with Crippen LogP contribution in [0.2, 0.25) is 0 Å². The molecule has 1 rings (SSSR count). The molecule has 2 N–H and O–H groups in total. The Morgan fingerprint density at radius 2 is 2.07 bits per heavy atom. The topological polar surface area (TPSA) is 43.8 Å². The molecule has 1 aromatic rings. The summed E-state index contributed by atoms with van der Waals surface area (Å²) < 4.78 is 3.11. The molecule has 0 radical (unpaired) electrons. The zero-order valence-electron chi connectivity index (χ0n) is 9.92. The summed E-state index contributed by atoms with van der Waals surface area (Å²) in [6.07, 6.45) is 1.93. The third-order valence-corrected chi connectivity index (χ3v) is 3.83. The molecule has 0 aliphatic rings. The molecule has 86 valence electrons. The first-order chi connectivity index (χ1) is 6.97. The minimum Gasteiger partial charge on any atom is -0.328 e. The Morgan fingerprint density at radius 3 is 2.47 bits per heavy atom. The van der Waals surface area contributed by atoms with Crippen LogP contribution < -0.4 is 5.73 Å². The van der Waals surface area contributed by atoms with E-state index in [1.54, 1.807) is 0 Å². The minimum atomic E-state index is 0.219. The first-order valence-corrected chi connectivity index (χ1v) is 6.22. The summed E-state index contributed by atoms with van der Waals surface area (Å²) in [6.45, 7) is 6.34. The summed E-state index contributed by atoms with van der Waals surface area (Å²) in [6, 6.07) is 0.219. The van der Waals surface area contributed by atoms with Crippen LogP contribution in [0.3, 0.4) is 0 Å². The molecule has 0 spiro atoms. The lowest BCUT2D eigenvalue weighted by Crippen LogP contribution is -2.26. The van der Waals surface area contributed by atoms with Crippen molar-refractivity contribution < 1.29 is 0 Å². The highest BCUT2D eigenvalue weighted by Crippen LogP contribution is 2.24. The second kappa shape index (κ2) is 5.12. The summed E-state index contributed by atoms with van der Waals surface area (Å²) in [5, 5.41) is 4.47. The lowest BCUT2D eigenvalue weighted by atomic mass is 9.98. The summed E-state index contributed by atoms with van der Waals surface area (Å²) in [5.41, 5.74) is 8.25. The van der Waals surface area contributed by atoms with Crippen LogP contribution >= 0.6 is 15.9 Å². The number of rotatable bonds is 4. The maximum Gasteiger partial charge on any atom is 0.0766 e. The van der Waals surface area contributed by atoms with Gasteiger partial charge in [-0.15, -0.1) is 0 Å². The van der Waals surface area contributed by atoms with Gasteiger partial charge in [-0.2, -0.15) is 5.10 Å². The zero-order valence-corrected chi connectivity index (χ0v) is 11.5. The van der Waals surface area contributed by atoms with Crippen molar-refractivity contribution in [3.05, 3.63) is 15.9 Å². The van der Waals surface area contributed by atoms with E-state index in [9.17, 15) is 0 Å². The van der Waals surface area contributed by atoms with Crippen molar-refractivity contribution in [1.82, 2.24) is 9.78 Å². The van der Waals surface area contributed by atoms with Gasteiger partial charge in [0.25, 0.3) is 0 Å². The van der Waals surface area contributed by atoms with Gasteiger partial charge in [0.15, 0.2) is 0 Å². The van der Waals surface area contributed by atoms with Gasteiger partial charge in [-0.25, -0.2) is 0 Å². The average molecular weight is 274 g/mol. The highest BCUT2D eigenvalue weighted by molar-refractivity contribution is 9.10. The van der Waals surface area contributed by atoms with E-state index in [-0.39, 0.29) is 6.04 Å². The Labute approximate surface area is 100 Å². The number of hydrogen-bond donors (Lipinski definition) is 1. The van der Waals surface area contributed by atoms with E-state index in [1.165, 1.54) is 5.69 Å². The Morgan fingerprint density at radius 1 is 1.47 bits per heavy atom. The normalized spacial score (nSPS) is 15.3. The van der Waals surface area contributed by atoms with Crippen molar-refractivity contribution in [3.8, 4) is 0 Å². The molecular weight excluding hydrogens is 254 g/mol. The van der Waals surface area contributed by atoms with Crippen LogP contribution in [-0.4, -0.2) is 15.8 Å². The molecule has 0 saturated heterocycles. The molecule has 0 aromatic carbocycles. The van der Waals surface area contributed by atoms with Gasteiger partial charge in [-0.3, -0.25) is 4.68 Å². The van der Waals surface area contributed by atoms with Gasteiger partial charge in [0.1, 0.15) is 0 Å². The fraction of sp³-hybridized carbons (Fsp3) is 0.727. The molecule has 0 fully saturated rings. The Balaban J connectivity index is 2.89. The van der Waals surface area contributed by atoms with Gasteiger partial charge >= 0.3 is 0 Å². The van der Waals surface area contributed by atoms with Crippen molar-refractivity contribution in [2.45, 2.75) is 39.7 Å². The van der Waals surface area contributed by atoms with E-state index >= 15 is 0 Å². The van der Waals surface area contributed by atoms with Crippen LogP contribution in [0.4, 0.5) is 0 Å². The fourth-order valence-corrected chi connectivity index (χ4v) is 2.31. The molecule has 0 bridgehead atoms. The number of nitrogens with zero attached hydrogens (tertiary/aromatic N) is 2. The second-order valence-corrected chi connectivity index (χ2v) is 5.02. The molecule has 3 nitrogen and oxygen atoms in total.